The molecule has 0 radical (unpaired) electrons. The minimum absolute atomic E-state index is 0.625. The van der Waals surface area contributed by atoms with Gasteiger partial charge in [0.1, 0.15) is 12.5 Å². The van der Waals surface area contributed by atoms with Crippen LogP contribution in [0.25, 0.3) is 0 Å². The van der Waals surface area contributed by atoms with Crippen LogP contribution in [0.1, 0.15) is 20.3 Å². The first kappa shape index (κ1) is 12.4. The van der Waals surface area contributed by atoms with Gasteiger partial charge in [0, 0.05) is 31.9 Å². The lowest BCUT2D eigenvalue weighted by atomic mass is 10.2. The molecule has 2 aliphatic rings. The van der Waals surface area contributed by atoms with E-state index >= 15 is 0 Å². The number of aliphatic imine (C=N–C) groups is 1. The summed E-state index contributed by atoms with van der Waals surface area (Å²) in [6.07, 6.45) is 5.57. The number of nitrogens with zero attached hydrogens (tertiary/aromatic N) is 3. The summed E-state index contributed by atoms with van der Waals surface area (Å²) in [5.74, 6) is 1.85. The molecule has 0 aromatic heterocycles. The molecule has 0 bridgehead atoms. The van der Waals surface area contributed by atoms with Crippen molar-refractivity contribution in [2.75, 3.05) is 33.4 Å². The van der Waals surface area contributed by atoms with Crippen molar-refractivity contribution < 1.29 is 0 Å². The summed E-state index contributed by atoms with van der Waals surface area (Å²) in [6.45, 7) is 8.59. The van der Waals surface area contributed by atoms with Gasteiger partial charge in [-0.25, -0.2) is 4.99 Å². The molecule has 2 aliphatic heterocycles. The zero-order chi connectivity index (χ0) is 12.3. The van der Waals surface area contributed by atoms with E-state index in [0.717, 1.165) is 32.1 Å². The van der Waals surface area contributed by atoms with Crippen molar-refractivity contribution >= 4 is 5.84 Å². The van der Waals surface area contributed by atoms with Gasteiger partial charge in [0.2, 0.25) is 0 Å². The van der Waals surface area contributed by atoms with Gasteiger partial charge in [-0.2, -0.15) is 0 Å². The van der Waals surface area contributed by atoms with Crippen LogP contribution < -0.4 is 5.32 Å². The van der Waals surface area contributed by atoms with Crippen LogP contribution in [0.3, 0.4) is 0 Å². The number of hydrogen-bond donors (Lipinski definition) is 1. The van der Waals surface area contributed by atoms with Crippen molar-refractivity contribution in [2.45, 2.75) is 26.3 Å². The summed E-state index contributed by atoms with van der Waals surface area (Å²) in [5, 5.41) is 3.34. The van der Waals surface area contributed by atoms with Crippen molar-refractivity contribution in [1.82, 2.24) is 15.1 Å². The number of rotatable bonds is 3. The Morgan fingerprint density at radius 2 is 2.35 bits per heavy atom. The van der Waals surface area contributed by atoms with E-state index in [9.17, 15) is 0 Å². The Balaban J connectivity index is 1.85. The molecule has 0 aliphatic carbocycles. The van der Waals surface area contributed by atoms with E-state index < -0.39 is 0 Å². The fourth-order valence-electron chi connectivity index (χ4n) is 2.43. The highest BCUT2D eigenvalue weighted by Crippen LogP contribution is 2.13. The first-order valence-electron chi connectivity index (χ1n) is 6.58. The van der Waals surface area contributed by atoms with Crippen molar-refractivity contribution in [3.63, 3.8) is 0 Å². The van der Waals surface area contributed by atoms with Gasteiger partial charge >= 0.3 is 0 Å². The highest BCUT2D eigenvalue weighted by molar-refractivity contribution is 5.93. The molecule has 0 unspecified atom stereocenters. The second kappa shape index (κ2) is 5.54. The molecule has 4 heteroatoms. The maximum atomic E-state index is 4.67. The molecule has 1 fully saturated rings. The topological polar surface area (TPSA) is 30.9 Å². The molecule has 96 valence electrons. The van der Waals surface area contributed by atoms with E-state index in [0.29, 0.717) is 12.0 Å². The Morgan fingerprint density at radius 1 is 1.53 bits per heavy atom. The lowest BCUT2D eigenvalue weighted by Crippen LogP contribution is -2.35. The van der Waals surface area contributed by atoms with Crippen LogP contribution in [0.4, 0.5) is 0 Å². The van der Waals surface area contributed by atoms with E-state index in [1.165, 1.54) is 6.42 Å². The van der Waals surface area contributed by atoms with Crippen molar-refractivity contribution in [2.24, 2.45) is 10.9 Å². The van der Waals surface area contributed by atoms with Crippen LogP contribution in [0, 0.1) is 5.92 Å². The summed E-state index contributed by atoms with van der Waals surface area (Å²) in [4.78, 5) is 9.33. The van der Waals surface area contributed by atoms with E-state index in [4.69, 9.17) is 0 Å². The maximum absolute atomic E-state index is 4.67. The minimum Gasteiger partial charge on any atom is -0.358 e. The predicted molar refractivity (Wildman–Crippen MR) is 72.0 cm³/mol. The lowest BCUT2D eigenvalue weighted by Gasteiger charge is -2.27. The molecule has 1 atom stereocenters. The highest BCUT2D eigenvalue weighted by Gasteiger charge is 2.23. The second-order valence-electron chi connectivity index (χ2n) is 5.36. The Labute approximate surface area is 104 Å². The first-order valence-corrected chi connectivity index (χ1v) is 6.58. The van der Waals surface area contributed by atoms with E-state index in [-0.39, 0.29) is 0 Å². The molecule has 2 heterocycles. The van der Waals surface area contributed by atoms with Gasteiger partial charge in [0.05, 0.1) is 0 Å². The smallest absolute Gasteiger partial charge is 0.127 e. The third kappa shape index (κ3) is 3.22. The van der Waals surface area contributed by atoms with E-state index in [2.05, 4.69) is 46.2 Å². The van der Waals surface area contributed by atoms with Gasteiger partial charge in [-0.3, -0.25) is 0 Å². The number of likely N-dealkylation sites (tertiary alicyclic amines) is 1. The Hall–Kier alpha value is -1.03. The summed E-state index contributed by atoms with van der Waals surface area (Å²) in [7, 11) is 2.04. The van der Waals surface area contributed by atoms with Gasteiger partial charge in [-0.15, -0.1) is 0 Å². The van der Waals surface area contributed by atoms with Crippen LogP contribution in [0.15, 0.2) is 17.3 Å². The number of likely N-dealkylation sites (N-methyl/N-ethyl adjacent to an activating group) is 1. The molecule has 17 heavy (non-hydrogen) atoms. The molecule has 1 N–H and O–H groups in total. The van der Waals surface area contributed by atoms with Crippen molar-refractivity contribution in [3.8, 4) is 0 Å². The second-order valence-corrected chi connectivity index (χ2v) is 5.36. The third-order valence-corrected chi connectivity index (χ3v) is 3.37. The Kier molecular flexibility index (Phi) is 4.05. The van der Waals surface area contributed by atoms with Gasteiger partial charge < -0.3 is 15.1 Å². The largest absolute Gasteiger partial charge is 0.358 e. The lowest BCUT2D eigenvalue weighted by molar-refractivity contribution is 0.332. The number of nitrogens with one attached hydrogen (secondary N) is 1. The fourth-order valence-corrected chi connectivity index (χ4v) is 2.43. The average molecular weight is 236 g/mol. The van der Waals surface area contributed by atoms with E-state index in [1.807, 2.05) is 7.05 Å². The zero-order valence-corrected chi connectivity index (χ0v) is 11.2. The normalized spacial score (nSPS) is 24.7. The van der Waals surface area contributed by atoms with Crippen molar-refractivity contribution in [1.29, 1.82) is 0 Å². The van der Waals surface area contributed by atoms with Crippen molar-refractivity contribution in [3.05, 3.63) is 12.3 Å². The summed E-state index contributed by atoms with van der Waals surface area (Å²) in [6, 6.07) is 0.625. The summed E-state index contributed by atoms with van der Waals surface area (Å²) >= 11 is 0. The third-order valence-electron chi connectivity index (χ3n) is 3.37. The predicted octanol–water partition coefficient (Wildman–Crippen LogP) is 1.12. The summed E-state index contributed by atoms with van der Waals surface area (Å²) in [5.41, 5.74) is 0. The number of amidine groups is 1. The quantitative estimate of drug-likeness (QED) is 0.797. The molecule has 0 aromatic carbocycles. The SMILES string of the molecule is CN[C@@H]1CCN(C2=NCN(CC(C)C)C=C2)C1. The van der Waals surface area contributed by atoms with Gasteiger partial charge in [0.15, 0.2) is 0 Å². The van der Waals surface area contributed by atoms with Gasteiger partial charge in [-0.1, -0.05) is 13.8 Å². The number of hydrogen-bond acceptors (Lipinski definition) is 4. The highest BCUT2D eigenvalue weighted by atomic mass is 15.3. The summed E-state index contributed by atoms with van der Waals surface area (Å²) < 4.78 is 0. The van der Waals surface area contributed by atoms with Crippen LogP contribution in [-0.2, 0) is 0 Å². The Morgan fingerprint density at radius 3 is 2.88 bits per heavy atom. The Bertz CT molecular complexity index is 309. The standard InChI is InChI=1S/C13H24N4/c1-11(2)8-16-6-5-13(15-10-16)17-7-4-12(9-17)14-3/h5-6,11-12,14H,4,7-10H2,1-3H3/t12-/m1/s1. The van der Waals surface area contributed by atoms with E-state index in [1.54, 1.807) is 0 Å². The molecule has 0 saturated carbocycles. The maximum Gasteiger partial charge on any atom is 0.127 e. The van der Waals surface area contributed by atoms with Crippen LogP contribution in [0.5, 0.6) is 0 Å². The van der Waals surface area contributed by atoms with Crippen LogP contribution >= 0.6 is 0 Å². The molecule has 4 nitrogen and oxygen atoms in total. The minimum atomic E-state index is 0.625. The molecule has 0 spiro atoms. The molecular weight excluding hydrogens is 212 g/mol. The van der Waals surface area contributed by atoms with Crippen LogP contribution in [0.2, 0.25) is 0 Å². The average Bonchev–Trinajstić information content (AvgIpc) is 2.78. The molecular formula is C13H24N4. The van der Waals surface area contributed by atoms with Gasteiger partial charge in [-0.05, 0) is 25.5 Å². The monoisotopic (exact) mass is 236 g/mol. The molecule has 2 rings (SSSR count). The molecule has 0 amide bonds. The molecule has 1 saturated heterocycles. The van der Waals surface area contributed by atoms with Crippen LogP contribution in [-0.4, -0.2) is 55.0 Å². The molecule has 0 aromatic rings. The fraction of sp³-hybridized carbons (Fsp3) is 0.769. The first-order chi connectivity index (χ1) is 8.19. The zero-order valence-electron chi connectivity index (χ0n) is 11.2. The van der Waals surface area contributed by atoms with Gasteiger partial charge in [0.25, 0.3) is 0 Å².